The first kappa shape index (κ1) is 9.37. The summed E-state index contributed by atoms with van der Waals surface area (Å²) in [6.07, 6.45) is 1.88. The minimum absolute atomic E-state index is 0.433. The van der Waals surface area contributed by atoms with Crippen molar-refractivity contribution < 1.29 is 5.11 Å². The second-order valence-electron chi connectivity index (χ2n) is 2.03. The Labute approximate surface area is 62.3 Å². The van der Waals surface area contributed by atoms with Crippen molar-refractivity contribution in [2.75, 3.05) is 6.54 Å². The normalized spacial score (nSPS) is 14.9. The van der Waals surface area contributed by atoms with Crippen LogP contribution in [0.1, 0.15) is 20.3 Å². The van der Waals surface area contributed by atoms with E-state index in [1.165, 1.54) is 0 Å². The van der Waals surface area contributed by atoms with E-state index in [0.29, 0.717) is 18.7 Å². The van der Waals surface area contributed by atoms with E-state index in [9.17, 15) is 5.11 Å². The van der Waals surface area contributed by atoms with E-state index in [4.69, 9.17) is 0 Å². The van der Waals surface area contributed by atoms with Crippen LogP contribution in [0, 0.1) is 0 Å². The minimum atomic E-state index is -0.433. The summed E-state index contributed by atoms with van der Waals surface area (Å²) >= 11 is 0. The Morgan fingerprint density at radius 3 is 2.60 bits per heavy atom. The van der Waals surface area contributed by atoms with Gasteiger partial charge in [0.15, 0.2) is 0 Å². The number of aliphatic hydroxyl groups is 1. The SMILES string of the molecule is C=CC(=NCC)C(O)CC. The predicted octanol–water partition coefficient (Wildman–Crippen LogP) is 1.40. The Hall–Kier alpha value is -0.630. The maximum absolute atomic E-state index is 9.25. The molecule has 2 heteroatoms. The third-order valence-corrected chi connectivity index (χ3v) is 1.28. The fourth-order valence-electron chi connectivity index (χ4n) is 0.698. The zero-order chi connectivity index (χ0) is 7.98. The van der Waals surface area contributed by atoms with Crippen molar-refractivity contribution >= 4 is 5.71 Å². The molecule has 0 radical (unpaired) electrons. The van der Waals surface area contributed by atoms with Gasteiger partial charge in [-0.1, -0.05) is 13.5 Å². The summed E-state index contributed by atoms with van der Waals surface area (Å²) in [4.78, 5) is 4.06. The molecule has 0 aromatic heterocycles. The van der Waals surface area contributed by atoms with Crippen LogP contribution in [0.2, 0.25) is 0 Å². The molecule has 0 fully saturated rings. The quantitative estimate of drug-likeness (QED) is 0.590. The van der Waals surface area contributed by atoms with Crippen molar-refractivity contribution in [3.63, 3.8) is 0 Å². The summed E-state index contributed by atoms with van der Waals surface area (Å²) in [6, 6.07) is 0. The summed E-state index contributed by atoms with van der Waals surface area (Å²) < 4.78 is 0. The summed E-state index contributed by atoms with van der Waals surface area (Å²) in [5.74, 6) is 0. The first-order chi connectivity index (χ1) is 4.76. The number of aliphatic hydroxyl groups excluding tert-OH is 1. The Morgan fingerprint density at radius 2 is 2.30 bits per heavy atom. The average molecular weight is 141 g/mol. The van der Waals surface area contributed by atoms with E-state index in [2.05, 4.69) is 11.6 Å². The van der Waals surface area contributed by atoms with Crippen LogP contribution < -0.4 is 0 Å². The highest BCUT2D eigenvalue weighted by molar-refractivity contribution is 5.97. The fourth-order valence-corrected chi connectivity index (χ4v) is 0.698. The molecule has 0 aromatic rings. The second-order valence-corrected chi connectivity index (χ2v) is 2.03. The van der Waals surface area contributed by atoms with Crippen LogP contribution in [-0.2, 0) is 0 Å². The van der Waals surface area contributed by atoms with Crippen LogP contribution in [0.4, 0.5) is 0 Å². The summed E-state index contributed by atoms with van der Waals surface area (Å²) in [6.45, 7) is 8.12. The van der Waals surface area contributed by atoms with Crippen molar-refractivity contribution in [2.24, 2.45) is 4.99 Å². The zero-order valence-corrected chi connectivity index (χ0v) is 6.67. The van der Waals surface area contributed by atoms with Crippen molar-refractivity contribution in [3.05, 3.63) is 12.7 Å². The van der Waals surface area contributed by atoms with Crippen LogP contribution in [0.25, 0.3) is 0 Å². The predicted molar refractivity (Wildman–Crippen MR) is 44.5 cm³/mol. The molecule has 0 aliphatic heterocycles. The van der Waals surface area contributed by atoms with Gasteiger partial charge in [0.05, 0.1) is 11.8 Å². The number of nitrogens with zero attached hydrogens (tertiary/aromatic N) is 1. The highest BCUT2D eigenvalue weighted by atomic mass is 16.3. The number of rotatable bonds is 4. The third-order valence-electron chi connectivity index (χ3n) is 1.28. The first-order valence-electron chi connectivity index (χ1n) is 3.61. The molecule has 0 bridgehead atoms. The van der Waals surface area contributed by atoms with Crippen molar-refractivity contribution in [1.82, 2.24) is 0 Å². The van der Waals surface area contributed by atoms with Crippen LogP contribution in [0.5, 0.6) is 0 Å². The molecule has 1 unspecified atom stereocenters. The lowest BCUT2D eigenvalue weighted by atomic mass is 10.2. The van der Waals surface area contributed by atoms with Gasteiger partial charge in [0.25, 0.3) is 0 Å². The van der Waals surface area contributed by atoms with Crippen molar-refractivity contribution in [3.8, 4) is 0 Å². The molecule has 0 amide bonds. The standard InChI is InChI=1S/C8H15NO/c1-4-7(9-6-3)8(10)5-2/h4,8,10H,1,5-6H2,2-3H3. The first-order valence-corrected chi connectivity index (χ1v) is 3.61. The maximum Gasteiger partial charge on any atom is 0.0952 e. The Morgan fingerprint density at radius 1 is 1.70 bits per heavy atom. The van der Waals surface area contributed by atoms with Crippen LogP contribution in [-0.4, -0.2) is 23.5 Å². The Bertz CT molecular complexity index is 129. The maximum atomic E-state index is 9.25. The summed E-state index contributed by atoms with van der Waals surface area (Å²) in [5.41, 5.74) is 0.699. The van der Waals surface area contributed by atoms with Gasteiger partial charge in [0, 0.05) is 6.54 Å². The molecule has 0 saturated carbocycles. The molecule has 1 atom stereocenters. The van der Waals surface area contributed by atoms with Gasteiger partial charge in [-0.15, -0.1) is 0 Å². The Kier molecular flexibility index (Phi) is 4.85. The molecular formula is C8H15NO. The molecule has 0 rings (SSSR count). The lowest BCUT2D eigenvalue weighted by Crippen LogP contribution is -2.16. The van der Waals surface area contributed by atoms with Gasteiger partial charge in [-0.25, -0.2) is 0 Å². The smallest absolute Gasteiger partial charge is 0.0952 e. The molecule has 0 saturated heterocycles. The molecular weight excluding hydrogens is 126 g/mol. The number of hydrogen-bond acceptors (Lipinski definition) is 2. The Balaban J connectivity index is 4.05. The van der Waals surface area contributed by atoms with Gasteiger partial charge in [0.1, 0.15) is 0 Å². The molecule has 0 heterocycles. The van der Waals surface area contributed by atoms with Gasteiger partial charge in [-0.3, -0.25) is 4.99 Å². The van der Waals surface area contributed by atoms with Crippen LogP contribution >= 0.6 is 0 Å². The van der Waals surface area contributed by atoms with Gasteiger partial charge in [0.2, 0.25) is 0 Å². The van der Waals surface area contributed by atoms with Crippen LogP contribution in [0.3, 0.4) is 0 Å². The molecule has 10 heavy (non-hydrogen) atoms. The minimum Gasteiger partial charge on any atom is -0.387 e. The highest BCUT2D eigenvalue weighted by Crippen LogP contribution is 1.95. The van der Waals surface area contributed by atoms with Gasteiger partial charge in [-0.2, -0.15) is 0 Å². The third kappa shape index (κ3) is 2.78. The molecule has 0 aromatic carbocycles. The molecule has 0 spiro atoms. The van der Waals surface area contributed by atoms with E-state index >= 15 is 0 Å². The van der Waals surface area contributed by atoms with Crippen LogP contribution in [0.15, 0.2) is 17.6 Å². The van der Waals surface area contributed by atoms with E-state index in [-0.39, 0.29) is 0 Å². The molecule has 0 aliphatic rings. The van der Waals surface area contributed by atoms with Crippen molar-refractivity contribution in [2.45, 2.75) is 26.4 Å². The lowest BCUT2D eigenvalue weighted by Gasteiger charge is -2.06. The lowest BCUT2D eigenvalue weighted by molar-refractivity contribution is 0.238. The van der Waals surface area contributed by atoms with Crippen molar-refractivity contribution in [1.29, 1.82) is 0 Å². The van der Waals surface area contributed by atoms with E-state index in [0.717, 1.165) is 0 Å². The average Bonchev–Trinajstić information content (AvgIpc) is 1.99. The second kappa shape index (κ2) is 5.18. The fraction of sp³-hybridized carbons (Fsp3) is 0.625. The molecule has 1 N–H and O–H groups in total. The largest absolute Gasteiger partial charge is 0.387 e. The summed E-state index contributed by atoms with van der Waals surface area (Å²) in [7, 11) is 0. The van der Waals surface area contributed by atoms with Gasteiger partial charge < -0.3 is 5.11 Å². The topological polar surface area (TPSA) is 32.6 Å². The molecule has 58 valence electrons. The van der Waals surface area contributed by atoms with E-state index in [1.54, 1.807) is 6.08 Å². The van der Waals surface area contributed by atoms with E-state index < -0.39 is 6.10 Å². The molecule has 2 nitrogen and oxygen atoms in total. The summed E-state index contributed by atoms with van der Waals surface area (Å²) in [5, 5.41) is 9.25. The number of hydrogen-bond donors (Lipinski definition) is 1. The zero-order valence-electron chi connectivity index (χ0n) is 6.67. The van der Waals surface area contributed by atoms with E-state index in [1.807, 2.05) is 13.8 Å². The highest BCUT2D eigenvalue weighted by Gasteiger charge is 2.04. The molecule has 0 aliphatic carbocycles. The van der Waals surface area contributed by atoms with Gasteiger partial charge >= 0.3 is 0 Å². The van der Waals surface area contributed by atoms with Gasteiger partial charge in [-0.05, 0) is 19.4 Å². The monoisotopic (exact) mass is 141 g/mol. The number of aliphatic imine (C=N–C) groups is 1.